The number of thiophene rings is 1. The number of aromatic amines is 1. The van der Waals surface area contributed by atoms with Crippen molar-refractivity contribution in [2.45, 2.75) is 77.6 Å². The van der Waals surface area contributed by atoms with Crippen LogP contribution in [0.2, 0.25) is 0 Å². The summed E-state index contributed by atoms with van der Waals surface area (Å²) in [7, 11) is 1.44. The number of carbonyl (C=O) groups is 1. The minimum Gasteiger partial charge on any atom is -0.493 e. The van der Waals surface area contributed by atoms with Gasteiger partial charge in [-0.25, -0.2) is 4.79 Å². The van der Waals surface area contributed by atoms with Gasteiger partial charge in [-0.15, -0.1) is 11.3 Å². The number of methoxy groups -OCH3 is 1. The molecule has 2 aromatic heterocycles. The second kappa shape index (κ2) is 11.8. The van der Waals surface area contributed by atoms with E-state index >= 15 is 0 Å². The van der Waals surface area contributed by atoms with Gasteiger partial charge in [0.15, 0.2) is 0 Å². The number of hydrogen-bond acceptors (Lipinski definition) is 5. The van der Waals surface area contributed by atoms with Crippen molar-refractivity contribution in [3.05, 3.63) is 34.7 Å². The average molecular weight is 484 g/mol. The van der Waals surface area contributed by atoms with Crippen LogP contribution < -0.4 is 9.47 Å². The summed E-state index contributed by atoms with van der Waals surface area (Å²) < 4.78 is 18.5. The van der Waals surface area contributed by atoms with Crippen LogP contribution in [0.25, 0.3) is 21.5 Å². The summed E-state index contributed by atoms with van der Waals surface area (Å²) in [5.41, 5.74) is 4.53. The SMILES string of the molecule is CCCCOc1ccc(-c2[nH]c3cc(C(=O)OC)sc3c2C2CCCCC2)c(OCCCC)c1. The van der Waals surface area contributed by atoms with Crippen molar-refractivity contribution in [3.8, 4) is 22.8 Å². The molecule has 34 heavy (non-hydrogen) atoms. The Morgan fingerprint density at radius 3 is 2.47 bits per heavy atom. The molecular weight excluding hydrogens is 446 g/mol. The summed E-state index contributed by atoms with van der Waals surface area (Å²) in [6, 6.07) is 8.16. The number of ether oxygens (including phenoxy) is 3. The molecule has 5 nitrogen and oxygen atoms in total. The fourth-order valence-electron chi connectivity index (χ4n) is 4.77. The molecule has 0 spiro atoms. The Kier molecular flexibility index (Phi) is 8.54. The van der Waals surface area contributed by atoms with E-state index in [0.717, 1.165) is 54.0 Å². The summed E-state index contributed by atoms with van der Waals surface area (Å²) in [6.45, 7) is 5.74. The van der Waals surface area contributed by atoms with E-state index in [-0.39, 0.29) is 5.97 Å². The first-order valence-corrected chi connectivity index (χ1v) is 13.6. The van der Waals surface area contributed by atoms with Crippen molar-refractivity contribution in [3.63, 3.8) is 0 Å². The Labute approximate surface area is 206 Å². The zero-order valence-electron chi connectivity index (χ0n) is 20.7. The summed E-state index contributed by atoms with van der Waals surface area (Å²) in [5, 5.41) is 0. The number of H-pyrrole nitrogens is 1. The number of aromatic nitrogens is 1. The van der Waals surface area contributed by atoms with Crippen LogP contribution >= 0.6 is 11.3 Å². The molecule has 1 fully saturated rings. The van der Waals surface area contributed by atoms with E-state index in [2.05, 4.69) is 31.0 Å². The van der Waals surface area contributed by atoms with Crippen LogP contribution in [-0.4, -0.2) is 31.3 Å². The van der Waals surface area contributed by atoms with Gasteiger partial charge in [-0.1, -0.05) is 46.0 Å². The first-order chi connectivity index (χ1) is 16.7. The Bertz CT molecular complexity index is 1090. The third-order valence-corrected chi connectivity index (χ3v) is 7.80. The molecule has 2 heterocycles. The number of hydrogen-bond donors (Lipinski definition) is 1. The standard InChI is InChI=1S/C28H37NO4S/c1-4-6-15-32-20-13-14-21(23(17-20)33-16-7-5-2)26-25(19-11-9-8-10-12-19)27-22(29-26)18-24(34-27)28(30)31-3/h13-14,17-19,29H,4-12,15-16H2,1-3H3. The third-order valence-electron chi connectivity index (χ3n) is 6.65. The topological polar surface area (TPSA) is 60.6 Å². The summed E-state index contributed by atoms with van der Waals surface area (Å²) in [6.07, 6.45) is 10.4. The second-order valence-corrected chi connectivity index (χ2v) is 10.2. The number of benzene rings is 1. The quantitative estimate of drug-likeness (QED) is 0.221. The number of nitrogens with one attached hydrogen (secondary N) is 1. The predicted octanol–water partition coefficient (Wildman–Crippen LogP) is 8.09. The van der Waals surface area contributed by atoms with Gasteiger partial charge in [-0.05, 0) is 55.4 Å². The molecule has 3 aromatic rings. The highest BCUT2D eigenvalue weighted by molar-refractivity contribution is 7.21. The van der Waals surface area contributed by atoms with Crippen molar-refractivity contribution in [2.24, 2.45) is 0 Å². The zero-order valence-corrected chi connectivity index (χ0v) is 21.5. The molecule has 1 saturated carbocycles. The van der Waals surface area contributed by atoms with E-state index in [1.165, 1.54) is 60.8 Å². The molecule has 0 bridgehead atoms. The maximum Gasteiger partial charge on any atom is 0.348 e. The van der Waals surface area contributed by atoms with Gasteiger partial charge in [0.05, 0.1) is 36.2 Å². The lowest BCUT2D eigenvalue weighted by atomic mass is 9.83. The van der Waals surface area contributed by atoms with Crippen LogP contribution in [-0.2, 0) is 4.74 Å². The van der Waals surface area contributed by atoms with Crippen LogP contribution in [0.5, 0.6) is 11.5 Å². The largest absolute Gasteiger partial charge is 0.493 e. The highest BCUT2D eigenvalue weighted by atomic mass is 32.1. The van der Waals surface area contributed by atoms with Crippen molar-refractivity contribution in [1.29, 1.82) is 0 Å². The maximum absolute atomic E-state index is 12.2. The van der Waals surface area contributed by atoms with Gasteiger partial charge >= 0.3 is 5.97 Å². The first-order valence-electron chi connectivity index (χ1n) is 12.8. The van der Waals surface area contributed by atoms with Gasteiger partial charge in [0.1, 0.15) is 16.4 Å². The number of rotatable bonds is 11. The van der Waals surface area contributed by atoms with Gasteiger partial charge in [0.25, 0.3) is 0 Å². The van der Waals surface area contributed by atoms with Gasteiger partial charge < -0.3 is 19.2 Å². The minimum atomic E-state index is -0.275. The van der Waals surface area contributed by atoms with E-state index in [4.69, 9.17) is 14.2 Å². The normalized spacial score (nSPS) is 14.4. The van der Waals surface area contributed by atoms with Crippen LogP contribution in [0.4, 0.5) is 0 Å². The molecule has 0 radical (unpaired) electrons. The molecule has 1 aliphatic carbocycles. The van der Waals surface area contributed by atoms with E-state index in [1.54, 1.807) is 0 Å². The van der Waals surface area contributed by atoms with Crippen molar-refractivity contribution < 1.29 is 19.0 Å². The van der Waals surface area contributed by atoms with Gasteiger partial charge in [0.2, 0.25) is 0 Å². The molecule has 0 unspecified atom stereocenters. The zero-order chi connectivity index (χ0) is 23.9. The van der Waals surface area contributed by atoms with Crippen molar-refractivity contribution in [2.75, 3.05) is 20.3 Å². The van der Waals surface area contributed by atoms with Crippen molar-refractivity contribution >= 4 is 27.5 Å². The van der Waals surface area contributed by atoms with Crippen LogP contribution in [0.15, 0.2) is 24.3 Å². The summed E-state index contributed by atoms with van der Waals surface area (Å²) in [5.74, 6) is 1.92. The van der Waals surface area contributed by atoms with Crippen molar-refractivity contribution in [1.82, 2.24) is 4.98 Å². The molecule has 1 aliphatic rings. The number of esters is 1. The van der Waals surface area contributed by atoms with Gasteiger partial charge in [0, 0.05) is 11.6 Å². The highest BCUT2D eigenvalue weighted by Gasteiger charge is 2.27. The van der Waals surface area contributed by atoms with Gasteiger partial charge in [-0.2, -0.15) is 0 Å². The molecule has 0 amide bonds. The second-order valence-electron chi connectivity index (χ2n) is 9.16. The van der Waals surface area contributed by atoms with E-state index < -0.39 is 0 Å². The van der Waals surface area contributed by atoms with Crippen LogP contribution in [0.3, 0.4) is 0 Å². The van der Waals surface area contributed by atoms with E-state index in [0.29, 0.717) is 24.0 Å². The smallest absolute Gasteiger partial charge is 0.348 e. The predicted molar refractivity (Wildman–Crippen MR) is 140 cm³/mol. The Balaban J connectivity index is 1.78. The molecule has 4 rings (SSSR count). The summed E-state index contributed by atoms with van der Waals surface area (Å²) >= 11 is 1.54. The van der Waals surface area contributed by atoms with Crippen LogP contribution in [0, 0.1) is 0 Å². The highest BCUT2D eigenvalue weighted by Crippen LogP contribution is 2.47. The number of unbranched alkanes of at least 4 members (excludes halogenated alkanes) is 2. The maximum atomic E-state index is 12.2. The van der Waals surface area contributed by atoms with E-state index in [1.807, 2.05) is 12.1 Å². The lowest BCUT2D eigenvalue weighted by molar-refractivity contribution is 0.0606. The number of carbonyl (C=O) groups excluding carboxylic acids is 1. The Morgan fingerprint density at radius 1 is 1.03 bits per heavy atom. The van der Waals surface area contributed by atoms with Gasteiger partial charge in [-0.3, -0.25) is 0 Å². The first kappa shape index (κ1) is 24.6. The molecule has 1 N–H and O–H groups in total. The Morgan fingerprint density at radius 2 is 1.76 bits per heavy atom. The monoisotopic (exact) mass is 483 g/mol. The van der Waals surface area contributed by atoms with E-state index in [9.17, 15) is 4.79 Å². The molecule has 1 aromatic carbocycles. The lowest BCUT2D eigenvalue weighted by Gasteiger charge is -2.23. The molecule has 0 saturated heterocycles. The lowest BCUT2D eigenvalue weighted by Crippen LogP contribution is -2.06. The minimum absolute atomic E-state index is 0.275. The molecule has 0 atom stereocenters. The van der Waals surface area contributed by atoms with Crippen LogP contribution in [0.1, 0.15) is 92.8 Å². The fraction of sp³-hybridized carbons (Fsp3) is 0.536. The molecule has 0 aliphatic heterocycles. The molecule has 6 heteroatoms. The Hall–Kier alpha value is -2.47. The number of fused-ring (bicyclic) bond motifs is 1. The molecule has 184 valence electrons. The average Bonchev–Trinajstić information content (AvgIpc) is 3.43. The molecular formula is C28H37NO4S. The summed E-state index contributed by atoms with van der Waals surface area (Å²) in [4.78, 5) is 16.5. The third kappa shape index (κ3) is 5.43. The fourth-order valence-corrected chi connectivity index (χ4v) is 5.94.